The number of carbonyl (C=O) groups is 1. The lowest BCUT2D eigenvalue weighted by molar-refractivity contribution is 0.0996. The Labute approximate surface area is 96.1 Å². The van der Waals surface area contributed by atoms with Crippen LogP contribution in [0, 0.1) is 0 Å². The summed E-state index contributed by atoms with van der Waals surface area (Å²) in [5, 5.41) is 12.8. The fourth-order valence-corrected chi connectivity index (χ4v) is 1.71. The zero-order chi connectivity index (χ0) is 11.5. The molecule has 1 aromatic heterocycles. The zero-order valence-electron chi connectivity index (χ0n) is 8.49. The number of hydrogen-bond donors (Lipinski definition) is 1. The highest BCUT2D eigenvalue weighted by molar-refractivity contribution is 7.07. The molecule has 0 bridgehead atoms. The molecule has 82 valence electrons. The van der Waals surface area contributed by atoms with Gasteiger partial charge in [-0.2, -0.15) is 0 Å². The maximum Gasteiger partial charge on any atom is 0.271 e. The van der Waals surface area contributed by atoms with E-state index in [1.807, 2.05) is 0 Å². The highest BCUT2D eigenvalue weighted by atomic mass is 32.1. The van der Waals surface area contributed by atoms with E-state index < -0.39 is 0 Å². The quantitative estimate of drug-likeness (QED) is 0.857. The fourth-order valence-electron chi connectivity index (χ4n) is 1.22. The van der Waals surface area contributed by atoms with Crippen LogP contribution in [0.4, 0.5) is 5.69 Å². The Morgan fingerprint density at radius 3 is 2.62 bits per heavy atom. The summed E-state index contributed by atoms with van der Waals surface area (Å²) in [6.07, 6.45) is 1.43. The van der Waals surface area contributed by atoms with Crippen LogP contribution in [0.25, 0.3) is 0 Å². The van der Waals surface area contributed by atoms with Gasteiger partial charge in [0.15, 0.2) is 0 Å². The van der Waals surface area contributed by atoms with Crippen molar-refractivity contribution in [3.8, 4) is 5.75 Å². The summed E-state index contributed by atoms with van der Waals surface area (Å²) in [5.74, 6) is 0.00439. The van der Waals surface area contributed by atoms with E-state index in [1.165, 1.54) is 23.2 Å². The number of aromatic nitrogens is 2. The van der Waals surface area contributed by atoms with Gasteiger partial charge >= 0.3 is 0 Å². The second kappa shape index (κ2) is 4.28. The minimum absolute atomic E-state index is 0.166. The molecule has 0 fully saturated rings. The third kappa shape index (κ3) is 2.01. The van der Waals surface area contributed by atoms with Crippen molar-refractivity contribution in [2.75, 3.05) is 11.9 Å². The molecular formula is C10H9N3O2S. The van der Waals surface area contributed by atoms with Crippen LogP contribution in [0.3, 0.4) is 0 Å². The molecule has 0 aliphatic heterocycles. The van der Waals surface area contributed by atoms with Crippen LogP contribution in [0.15, 0.2) is 30.5 Å². The van der Waals surface area contributed by atoms with E-state index in [4.69, 9.17) is 5.11 Å². The molecule has 0 aliphatic carbocycles. The van der Waals surface area contributed by atoms with Gasteiger partial charge in [0.25, 0.3) is 5.91 Å². The van der Waals surface area contributed by atoms with E-state index in [0.717, 1.165) is 11.5 Å². The normalized spacial score (nSPS) is 10.1. The van der Waals surface area contributed by atoms with Gasteiger partial charge in [0.05, 0.1) is 6.20 Å². The molecule has 1 amide bonds. The summed E-state index contributed by atoms with van der Waals surface area (Å²) in [6.45, 7) is 0. The van der Waals surface area contributed by atoms with Crippen molar-refractivity contribution in [3.05, 3.63) is 35.3 Å². The molecule has 0 saturated carbocycles. The van der Waals surface area contributed by atoms with Crippen LogP contribution in [-0.4, -0.2) is 27.6 Å². The van der Waals surface area contributed by atoms with Crippen molar-refractivity contribution >= 4 is 23.1 Å². The Balaban J connectivity index is 2.22. The Morgan fingerprint density at radius 2 is 2.06 bits per heavy atom. The van der Waals surface area contributed by atoms with Crippen LogP contribution in [0.5, 0.6) is 5.75 Å². The minimum atomic E-state index is -0.166. The molecule has 0 saturated heterocycles. The monoisotopic (exact) mass is 235 g/mol. The van der Waals surface area contributed by atoms with Crippen LogP contribution in [0.2, 0.25) is 0 Å². The summed E-state index contributed by atoms with van der Waals surface area (Å²) < 4.78 is 3.64. The van der Waals surface area contributed by atoms with E-state index >= 15 is 0 Å². The number of phenols is 1. The van der Waals surface area contributed by atoms with Crippen LogP contribution in [0.1, 0.15) is 9.67 Å². The number of aromatic hydroxyl groups is 1. The number of hydrogen-bond acceptors (Lipinski definition) is 5. The zero-order valence-corrected chi connectivity index (χ0v) is 9.31. The maximum atomic E-state index is 11.9. The van der Waals surface area contributed by atoms with Gasteiger partial charge in [0, 0.05) is 12.7 Å². The predicted molar refractivity (Wildman–Crippen MR) is 60.7 cm³/mol. The molecular weight excluding hydrogens is 226 g/mol. The highest BCUT2D eigenvalue weighted by Gasteiger charge is 2.15. The molecule has 0 spiro atoms. The first kappa shape index (κ1) is 10.6. The average molecular weight is 235 g/mol. The van der Waals surface area contributed by atoms with Gasteiger partial charge in [-0.15, -0.1) is 5.10 Å². The first-order chi connectivity index (χ1) is 7.68. The van der Waals surface area contributed by atoms with Crippen LogP contribution in [-0.2, 0) is 0 Å². The Bertz CT molecular complexity index is 481. The molecule has 2 rings (SSSR count). The van der Waals surface area contributed by atoms with E-state index in [0.29, 0.717) is 10.6 Å². The summed E-state index contributed by atoms with van der Waals surface area (Å²) in [6, 6.07) is 6.40. The molecule has 0 aliphatic rings. The predicted octanol–water partition coefficient (Wildman–Crippen LogP) is 1.52. The molecule has 16 heavy (non-hydrogen) atoms. The van der Waals surface area contributed by atoms with Gasteiger partial charge in [-0.25, -0.2) is 0 Å². The van der Waals surface area contributed by atoms with Crippen LogP contribution < -0.4 is 4.90 Å². The number of phenolic OH excluding ortho intramolecular Hbond substituents is 1. The largest absolute Gasteiger partial charge is 0.508 e. The SMILES string of the molecule is CN(C(=O)c1cnns1)c1ccc(O)cc1. The Kier molecular flexibility index (Phi) is 2.82. The number of benzene rings is 1. The Morgan fingerprint density at radius 1 is 1.38 bits per heavy atom. The van der Waals surface area contributed by atoms with Crippen LogP contribution >= 0.6 is 11.5 Å². The van der Waals surface area contributed by atoms with Gasteiger partial charge < -0.3 is 10.0 Å². The molecule has 1 heterocycles. The summed E-state index contributed by atoms with van der Waals surface area (Å²) in [7, 11) is 1.66. The van der Waals surface area contributed by atoms with E-state index in [-0.39, 0.29) is 11.7 Å². The maximum absolute atomic E-state index is 11.9. The molecule has 0 unspecified atom stereocenters. The third-order valence-corrected chi connectivity index (χ3v) is 2.77. The van der Waals surface area contributed by atoms with Crippen molar-refractivity contribution in [2.24, 2.45) is 0 Å². The number of anilines is 1. The lowest BCUT2D eigenvalue weighted by Gasteiger charge is -2.15. The standard InChI is InChI=1S/C10H9N3O2S/c1-13(7-2-4-8(14)5-3-7)10(15)9-6-11-12-16-9/h2-6,14H,1H3. The third-order valence-electron chi connectivity index (χ3n) is 2.11. The molecule has 5 nitrogen and oxygen atoms in total. The van der Waals surface area contributed by atoms with Gasteiger partial charge in [0.2, 0.25) is 0 Å². The second-order valence-electron chi connectivity index (χ2n) is 3.16. The molecule has 6 heteroatoms. The van der Waals surface area contributed by atoms with Gasteiger partial charge in [-0.1, -0.05) is 4.49 Å². The molecule has 1 aromatic carbocycles. The van der Waals surface area contributed by atoms with Crippen molar-refractivity contribution in [1.82, 2.24) is 9.59 Å². The lowest BCUT2D eigenvalue weighted by atomic mass is 10.3. The first-order valence-corrected chi connectivity index (χ1v) is 5.30. The number of rotatable bonds is 2. The second-order valence-corrected chi connectivity index (χ2v) is 3.95. The van der Waals surface area contributed by atoms with Gasteiger partial charge in [0.1, 0.15) is 10.6 Å². The number of nitrogens with zero attached hydrogens (tertiary/aromatic N) is 3. The minimum Gasteiger partial charge on any atom is -0.508 e. The smallest absolute Gasteiger partial charge is 0.271 e. The first-order valence-electron chi connectivity index (χ1n) is 4.53. The van der Waals surface area contributed by atoms with Gasteiger partial charge in [-0.3, -0.25) is 4.79 Å². The van der Waals surface area contributed by atoms with Gasteiger partial charge in [-0.05, 0) is 35.8 Å². The Hall–Kier alpha value is -1.95. The summed E-state index contributed by atoms with van der Waals surface area (Å²) >= 11 is 1.06. The fraction of sp³-hybridized carbons (Fsp3) is 0.100. The van der Waals surface area contributed by atoms with Crippen molar-refractivity contribution in [2.45, 2.75) is 0 Å². The van der Waals surface area contributed by atoms with E-state index in [1.54, 1.807) is 19.2 Å². The van der Waals surface area contributed by atoms with Crippen molar-refractivity contribution in [1.29, 1.82) is 0 Å². The number of carbonyl (C=O) groups excluding carboxylic acids is 1. The van der Waals surface area contributed by atoms with Crippen molar-refractivity contribution in [3.63, 3.8) is 0 Å². The molecule has 0 atom stereocenters. The van der Waals surface area contributed by atoms with Crippen molar-refractivity contribution < 1.29 is 9.90 Å². The molecule has 2 aromatic rings. The number of amides is 1. The molecule has 0 radical (unpaired) electrons. The summed E-state index contributed by atoms with van der Waals surface area (Å²) in [4.78, 5) is 13.8. The lowest BCUT2D eigenvalue weighted by Crippen LogP contribution is -2.25. The topological polar surface area (TPSA) is 66.3 Å². The van der Waals surface area contributed by atoms with E-state index in [9.17, 15) is 4.79 Å². The highest BCUT2D eigenvalue weighted by Crippen LogP contribution is 2.19. The summed E-state index contributed by atoms with van der Waals surface area (Å²) in [5.41, 5.74) is 0.705. The molecule has 1 N–H and O–H groups in total. The van der Waals surface area contributed by atoms with E-state index in [2.05, 4.69) is 9.59 Å². The average Bonchev–Trinajstić information content (AvgIpc) is 2.81.